The highest BCUT2D eigenvalue weighted by atomic mass is 16.6. The maximum absolute atomic E-state index is 12.5. The molecule has 2 aromatic carbocycles. The number of hydrogen-bond donors (Lipinski definition) is 2. The first-order valence-corrected chi connectivity index (χ1v) is 8.82. The van der Waals surface area contributed by atoms with E-state index in [1.54, 1.807) is 14.0 Å². The van der Waals surface area contributed by atoms with E-state index in [1.807, 2.05) is 32.2 Å². The van der Waals surface area contributed by atoms with E-state index in [0.29, 0.717) is 17.8 Å². The summed E-state index contributed by atoms with van der Waals surface area (Å²) in [5.74, 6) is 0.709. The summed E-state index contributed by atoms with van der Waals surface area (Å²) >= 11 is 0. The molecule has 28 heavy (non-hydrogen) atoms. The van der Waals surface area contributed by atoms with Crippen molar-refractivity contribution in [3.63, 3.8) is 0 Å². The number of hydrogen-bond acceptors (Lipinski definition) is 5. The molecule has 0 saturated carbocycles. The number of amides is 1. The highest BCUT2D eigenvalue weighted by Gasteiger charge is 2.19. The van der Waals surface area contributed by atoms with Gasteiger partial charge in [-0.3, -0.25) is 14.9 Å². The van der Waals surface area contributed by atoms with E-state index in [1.165, 1.54) is 19.2 Å². The lowest BCUT2D eigenvalue weighted by molar-refractivity contribution is -0.885. The van der Waals surface area contributed by atoms with Gasteiger partial charge < -0.3 is 19.7 Å². The molecule has 1 amide bonds. The van der Waals surface area contributed by atoms with Gasteiger partial charge in [0.05, 0.1) is 26.2 Å². The molecule has 0 aliphatic heterocycles. The highest BCUT2D eigenvalue weighted by molar-refractivity contribution is 5.92. The zero-order valence-electron chi connectivity index (χ0n) is 16.8. The van der Waals surface area contributed by atoms with E-state index in [-0.39, 0.29) is 23.9 Å². The van der Waals surface area contributed by atoms with Crippen LogP contribution in [-0.4, -0.2) is 38.6 Å². The Labute approximate surface area is 164 Å². The fourth-order valence-corrected chi connectivity index (χ4v) is 3.02. The third-order valence-electron chi connectivity index (χ3n) is 4.39. The Balaban J connectivity index is 2.08. The van der Waals surface area contributed by atoms with Crippen LogP contribution in [0.4, 0.5) is 11.4 Å². The van der Waals surface area contributed by atoms with Crippen molar-refractivity contribution in [3.8, 4) is 11.5 Å². The summed E-state index contributed by atoms with van der Waals surface area (Å²) in [6, 6.07) is 8.82. The van der Waals surface area contributed by atoms with Gasteiger partial charge in [0.25, 0.3) is 5.91 Å². The third kappa shape index (κ3) is 5.20. The average Bonchev–Trinajstić information content (AvgIpc) is 2.62. The van der Waals surface area contributed by atoms with E-state index in [9.17, 15) is 14.9 Å². The third-order valence-corrected chi connectivity index (χ3v) is 4.39. The number of carbonyl (C=O) groups is 1. The van der Waals surface area contributed by atoms with Gasteiger partial charge in [-0.1, -0.05) is 11.6 Å². The van der Waals surface area contributed by atoms with E-state index < -0.39 is 4.92 Å². The molecule has 2 aromatic rings. The van der Waals surface area contributed by atoms with Crippen LogP contribution in [0.5, 0.6) is 11.5 Å². The predicted octanol–water partition coefficient (Wildman–Crippen LogP) is 1.88. The van der Waals surface area contributed by atoms with Gasteiger partial charge in [0.15, 0.2) is 12.3 Å². The number of nitro groups is 1. The van der Waals surface area contributed by atoms with Crippen LogP contribution in [0.2, 0.25) is 0 Å². The first-order chi connectivity index (χ1) is 13.2. The van der Waals surface area contributed by atoms with Crippen molar-refractivity contribution >= 4 is 17.3 Å². The van der Waals surface area contributed by atoms with E-state index in [0.717, 1.165) is 21.8 Å². The number of likely N-dealkylation sites (N-methyl/N-ethyl adjacent to an activating group) is 1. The van der Waals surface area contributed by atoms with Crippen LogP contribution in [0.15, 0.2) is 30.3 Å². The molecule has 0 aliphatic rings. The van der Waals surface area contributed by atoms with Gasteiger partial charge in [-0.05, 0) is 31.5 Å². The number of rotatable bonds is 8. The lowest BCUT2D eigenvalue weighted by atomic mass is 10.1. The van der Waals surface area contributed by atoms with Gasteiger partial charge in [0.2, 0.25) is 0 Å². The summed E-state index contributed by atoms with van der Waals surface area (Å²) in [6.45, 7) is 4.57. The summed E-state index contributed by atoms with van der Waals surface area (Å²) < 4.78 is 10.5. The number of nitrogens with one attached hydrogen (secondary N) is 2. The van der Waals surface area contributed by atoms with Crippen LogP contribution < -0.4 is 19.7 Å². The standard InChI is InChI=1S/C20H25N3O5/c1-13-6-7-18(27-4)15(8-13)11-22(3)12-20(24)21-16-10-19(28-5)17(23(25)26)9-14(16)2/h6-10H,11-12H2,1-5H3,(H,21,24)/p+1. The smallest absolute Gasteiger partial charge is 0.311 e. The number of quaternary nitrogens is 1. The minimum atomic E-state index is -0.509. The molecule has 0 radical (unpaired) electrons. The summed E-state index contributed by atoms with van der Waals surface area (Å²) in [7, 11) is 4.90. The maximum Gasteiger partial charge on any atom is 0.311 e. The Morgan fingerprint density at radius 3 is 2.43 bits per heavy atom. The van der Waals surface area contributed by atoms with Crippen molar-refractivity contribution in [3.05, 3.63) is 57.1 Å². The largest absolute Gasteiger partial charge is 0.496 e. The number of benzene rings is 2. The molecule has 0 aliphatic carbocycles. The lowest BCUT2D eigenvalue weighted by Crippen LogP contribution is -3.08. The summed E-state index contributed by atoms with van der Waals surface area (Å²) in [4.78, 5) is 24.0. The molecule has 1 atom stereocenters. The average molecular weight is 388 g/mol. The van der Waals surface area contributed by atoms with Crippen molar-refractivity contribution in [2.45, 2.75) is 20.4 Å². The van der Waals surface area contributed by atoms with Crippen molar-refractivity contribution in [1.29, 1.82) is 0 Å². The van der Waals surface area contributed by atoms with Crippen LogP contribution in [-0.2, 0) is 11.3 Å². The zero-order valence-corrected chi connectivity index (χ0v) is 16.8. The van der Waals surface area contributed by atoms with Gasteiger partial charge in [0, 0.05) is 23.4 Å². The minimum absolute atomic E-state index is 0.107. The van der Waals surface area contributed by atoms with Gasteiger partial charge in [-0.2, -0.15) is 0 Å². The van der Waals surface area contributed by atoms with Gasteiger partial charge in [-0.15, -0.1) is 0 Å². The molecule has 0 saturated heterocycles. The second-order valence-corrected chi connectivity index (χ2v) is 6.77. The zero-order chi connectivity index (χ0) is 20.8. The predicted molar refractivity (Wildman–Crippen MR) is 106 cm³/mol. The number of carbonyl (C=O) groups excluding carboxylic acids is 1. The summed E-state index contributed by atoms with van der Waals surface area (Å²) in [5, 5.41) is 13.9. The first-order valence-electron chi connectivity index (χ1n) is 8.82. The molecule has 0 heterocycles. The van der Waals surface area contributed by atoms with E-state index in [4.69, 9.17) is 9.47 Å². The van der Waals surface area contributed by atoms with Crippen molar-refractivity contribution in [2.24, 2.45) is 0 Å². The quantitative estimate of drug-likeness (QED) is 0.532. The maximum atomic E-state index is 12.5. The van der Waals surface area contributed by atoms with Crippen LogP contribution in [0.3, 0.4) is 0 Å². The summed E-state index contributed by atoms with van der Waals surface area (Å²) in [6.07, 6.45) is 0. The Hall–Kier alpha value is -3.13. The van der Waals surface area contributed by atoms with Crippen LogP contribution in [0.25, 0.3) is 0 Å². The molecule has 8 heteroatoms. The van der Waals surface area contributed by atoms with Gasteiger partial charge >= 0.3 is 5.69 Å². The highest BCUT2D eigenvalue weighted by Crippen LogP contribution is 2.32. The van der Waals surface area contributed by atoms with Gasteiger partial charge in [0.1, 0.15) is 12.3 Å². The van der Waals surface area contributed by atoms with Crippen molar-refractivity contribution in [2.75, 3.05) is 33.1 Å². The topological polar surface area (TPSA) is 95.1 Å². The second kappa shape index (κ2) is 9.18. The number of anilines is 1. The molecule has 0 aromatic heterocycles. The molecule has 1 unspecified atom stereocenters. The Morgan fingerprint density at radius 2 is 1.82 bits per heavy atom. The molecular formula is C20H26N3O5+. The van der Waals surface area contributed by atoms with Gasteiger partial charge in [-0.25, -0.2) is 0 Å². The first kappa shape index (κ1) is 21.2. The van der Waals surface area contributed by atoms with E-state index >= 15 is 0 Å². The fraction of sp³-hybridized carbons (Fsp3) is 0.350. The number of aryl methyl sites for hydroxylation is 2. The van der Waals surface area contributed by atoms with Crippen LogP contribution >= 0.6 is 0 Å². The summed E-state index contributed by atoms with van der Waals surface area (Å²) in [5.41, 5.74) is 3.11. The Morgan fingerprint density at radius 1 is 1.14 bits per heavy atom. The Kier molecular flexibility index (Phi) is 6.94. The molecule has 8 nitrogen and oxygen atoms in total. The van der Waals surface area contributed by atoms with Crippen molar-refractivity contribution in [1.82, 2.24) is 0 Å². The SMILES string of the molecule is COc1ccc(C)cc1C[NH+](C)CC(=O)Nc1cc(OC)c([N+](=O)[O-])cc1C. The number of methoxy groups -OCH3 is 2. The Bertz CT molecular complexity index is 882. The lowest BCUT2D eigenvalue weighted by Gasteiger charge is -2.17. The molecule has 2 N–H and O–H groups in total. The van der Waals surface area contributed by atoms with E-state index in [2.05, 4.69) is 5.32 Å². The number of nitrogens with zero attached hydrogens (tertiary/aromatic N) is 1. The molecule has 150 valence electrons. The molecule has 0 spiro atoms. The molecule has 0 bridgehead atoms. The molecule has 2 rings (SSSR count). The minimum Gasteiger partial charge on any atom is -0.496 e. The van der Waals surface area contributed by atoms with Crippen LogP contribution in [0.1, 0.15) is 16.7 Å². The fourth-order valence-electron chi connectivity index (χ4n) is 3.02. The van der Waals surface area contributed by atoms with Crippen molar-refractivity contribution < 1.29 is 24.1 Å². The number of ether oxygens (including phenoxy) is 2. The monoisotopic (exact) mass is 388 g/mol. The number of nitro benzene ring substituents is 1. The second-order valence-electron chi connectivity index (χ2n) is 6.77. The van der Waals surface area contributed by atoms with Crippen LogP contribution in [0, 0.1) is 24.0 Å². The molecule has 0 fully saturated rings. The normalized spacial score (nSPS) is 11.6. The molecular weight excluding hydrogens is 362 g/mol.